The third-order valence-corrected chi connectivity index (χ3v) is 4.18. The van der Waals surface area contributed by atoms with Crippen LogP contribution in [0.15, 0.2) is 30.3 Å². The van der Waals surface area contributed by atoms with Crippen LogP contribution in [0.5, 0.6) is 0 Å². The molecule has 3 atom stereocenters. The van der Waals surface area contributed by atoms with Crippen LogP contribution < -0.4 is 11.1 Å². The number of benzene rings is 1. The summed E-state index contributed by atoms with van der Waals surface area (Å²) >= 11 is 0. The number of carbonyl (C=O) groups excluding carboxylic acids is 1. The normalized spacial score (nSPS) is 21.6. The van der Waals surface area contributed by atoms with Crippen LogP contribution in [0, 0.1) is 5.92 Å². The van der Waals surface area contributed by atoms with Crippen molar-refractivity contribution in [3.05, 3.63) is 35.9 Å². The Morgan fingerprint density at radius 2 is 1.91 bits per heavy atom. The Hall–Kier alpha value is -0.810. The van der Waals surface area contributed by atoms with Gasteiger partial charge in [-0.25, -0.2) is 0 Å². The molecule has 2 rings (SSSR count). The average Bonchev–Trinajstić information content (AvgIpc) is 2.86. The molecule has 1 aromatic carbocycles. The highest BCUT2D eigenvalue weighted by molar-refractivity contribution is 5.85. The zero-order chi connectivity index (χ0) is 14.5. The van der Waals surface area contributed by atoms with E-state index in [9.17, 15) is 4.79 Å². The third kappa shape index (κ3) is 5.43. The van der Waals surface area contributed by atoms with Crippen molar-refractivity contribution >= 4 is 30.7 Å². The molecular weight excluding hydrogens is 321 g/mol. The zero-order valence-corrected chi connectivity index (χ0v) is 14.8. The monoisotopic (exact) mass is 347 g/mol. The van der Waals surface area contributed by atoms with Gasteiger partial charge in [-0.3, -0.25) is 4.79 Å². The first kappa shape index (κ1) is 21.2. The maximum Gasteiger partial charge on any atom is 0.224 e. The van der Waals surface area contributed by atoms with Crippen molar-refractivity contribution in [1.29, 1.82) is 0 Å². The summed E-state index contributed by atoms with van der Waals surface area (Å²) < 4.78 is 0. The Balaban J connectivity index is 0.00000220. The summed E-state index contributed by atoms with van der Waals surface area (Å²) in [6.45, 7) is 0.624. The molecule has 3 unspecified atom stereocenters. The van der Waals surface area contributed by atoms with Gasteiger partial charge in [-0.15, -0.1) is 24.8 Å². The molecule has 4 nitrogen and oxygen atoms in total. The topological polar surface area (TPSA) is 58.4 Å². The quantitative estimate of drug-likeness (QED) is 0.859. The first-order chi connectivity index (χ1) is 9.59. The lowest BCUT2D eigenvalue weighted by Gasteiger charge is -2.26. The second-order valence-electron chi connectivity index (χ2n) is 5.84. The molecule has 1 saturated carbocycles. The summed E-state index contributed by atoms with van der Waals surface area (Å²) in [5.74, 6) is 0.103. The number of amides is 1. The highest BCUT2D eigenvalue weighted by atomic mass is 35.5. The molecule has 126 valence electrons. The number of likely N-dealkylation sites (N-methyl/N-ethyl adjacent to an activating group) is 1. The SMILES string of the molecule is CN(C)C(CNC(=O)C1CCCC1N)c1ccccc1.Cl.Cl. The fourth-order valence-corrected chi connectivity index (χ4v) is 2.92. The Morgan fingerprint density at radius 3 is 2.41 bits per heavy atom. The summed E-state index contributed by atoms with van der Waals surface area (Å²) in [4.78, 5) is 14.3. The molecule has 0 bridgehead atoms. The first-order valence-electron chi connectivity index (χ1n) is 7.34. The smallest absolute Gasteiger partial charge is 0.224 e. The largest absolute Gasteiger partial charge is 0.354 e. The molecule has 22 heavy (non-hydrogen) atoms. The molecule has 0 spiro atoms. The predicted molar refractivity (Wildman–Crippen MR) is 95.7 cm³/mol. The molecule has 1 aliphatic rings. The molecule has 3 N–H and O–H groups in total. The zero-order valence-electron chi connectivity index (χ0n) is 13.2. The highest BCUT2D eigenvalue weighted by Crippen LogP contribution is 2.24. The summed E-state index contributed by atoms with van der Waals surface area (Å²) in [5.41, 5.74) is 7.20. The Bertz CT molecular complexity index is 442. The molecule has 0 radical (unpaired) electrons. The lowest BCUT2D eigenvalue weighted by atomic mass is 10.0. The van der Waals surface area contributed by atoms with Gasteiger partial charge in [-0.05, 0) is 32.5 Å². The van der Waals surface area contributed by atoms with Gasteiger partial charge in [0.05, 0.1) is 12.0 Å². The van der Waals surface area contributed by atoms with Crippen LogP contribution in [0.25, 0.3) is 0 Å². The van der Waals surface area contributed by atoms with Crippen molar-refractivity contribution < 1.29 is 4.79 Å². The molecular formula is C16H27Cl2N3O. The van der Waals surface area contributed by atoms with E-state index < -0.39 is 0 Å². The van der Waals surface area contributed by atoms with Gasteiger partial charge in [0.1, 0.15) is 0 Å². The number of rotatable bonds is 5. The molecule has 0 aliphatic heterocycles. The summed E-state index contributed by atoms with van der Waals surface area (Å²) in [6.07, 6.45) is 2.95. The Kier molecular flexibility index (Phi) is 9.69. The van der Waals surface area contributed by atoms with Gasteiger partial charge >= 0.3 is 0 Å². The standard InChI is InChI=1S/C16H25N3O.2ClH/c1-19(2)15(12-7-4-3-5-8-12)11-18-16(20)13-9-6-10-14(13)17;;/h3-5,7-8,13-15H,6,9-11,17H2,1-2H3,(H,18,20);2*1H. The summed E-state index contributed by atoms with van der Waals surface area (Å²) in [5, 5.41) is 3.07. The Labute approximate surface area is 145 Å². The number of hydrogen-bond acceptors (Lipinski definition) is 3. The van der Waals surface area contributed by atoms with Crippen molar-refractivity contribution in [3.63, 3.8) is 0 Å². The van der Waals surface area contributed by atoms with E-state index in [0.717, 1.165) is 19.3 Å². The van der Waals surface area contributed by atoms with E-state index >= 15 is 0 Å². The van der Waals surface area contributed by atoms with Crippen molar-refractivity contribution in [2.45, 2.75) is 31.3 Å². The fourth-order valence-electron chi connectivity index (χ4n) is 2.92. The van der Waals surface area contributed by atoms with Gasteiger partial charge in [-0.1, -0.05) is 36.8 Å². The van der Waals surface area contributed by atoms with Crippen molar-refractivity contribution in [3.8, 4) is 0 Å². The number of nitrogens with zero attached hydrogens (tertiary/aromatic N) is 1. The molecule has 0 heterocycles. The lowest BCUT2D eigenvalue weighted by molar-refractivity contribution is -0.125. The van der Waals surface area contributed by atoms with Gasteiger partial charge < -0.3 is 16.0 Å². The average molecular weight is 348 g/mol. The van der Waals surface area contributed by atoms with Crippen LogP contribution in [0.1, 0.15) is 30.9 Å². The van der Waals surface area contributed by atoms with E-state index in [2.05, 4.69) is 22.3 Å². The molecule has 1 amide bonds. The van der Waals surface area contributed by atoms with Gasteiger partial charge in [0.2, 0.25) is 5.91 Å². The minimum atomic E-state index is -0.00594. The van der Waals surface area contributed by atoms with E-state index in [4.69, 9.17) is 5.73 Å². The van der Waals surface area contributed by atoms with Crippen LogP contribution in [-0.2, 0) is 4.79 Å². The molecule has 6 heteroatoms. The van der Waals surface area contributed by atoms with Crippen LogP contribution >= 0.6 is 24.8 Å². The van der Waals surface area contributed by atoms with Crippen LogP contribution in [0.2, 0.25) is 0 Å². The molecule has 1 fully saturated rings. The second kappa shape index (κ2) is 10.1. The minimum Gasteiger partial charge on any atom is -0.354 e. The molecule has 1 aromatic rings. The van der Waals surface area contributed by atoms with Crippen molar-refractivity contribution in [2.75, 3.05) is 20.6 Å². The van der Waals surface area contributed by atoms with E-state index in [1.54, 1.807) is 0 Å². The van der Waals surface area contributed by atoms with Crippen LogP contribution in [0.3, 0.4) is 0 Å². The lowest BCUT2D eigenvalue weighted by Crippen LogP contribution is -2.41. The third-order valence-electron chi connectivity index (χ3n) is 4.18. The molecule has 0 saturated heterocycles. The van der Waals surface area contributed by atoms with Gasteiger partial charge in [0, 0.05) is 12.6 Å². The minimum absolute atomic E-state index is 0. The van der Waals surface area contributed by atoms with Gasteiger partial charge in [0.25, 0.3) is 0 Å². The molecule has 1 aliphatic carbocycles. The number of nitrogens with two attached hydrogens (primary N) is 1. The van der Waals surface area contributed by atoms with Crippen molar-refractivity contribution in [1.82, 2.24) is 10.2 Å². The number of hydrogen-bond donors (Lipinski definition) is 2. The van der Waals surface area contributed by atoms with E-state index in [1.165, 1.54) is 5.56 Å². The fraction of sp³-hybridized carbons (Fsp3) is 0.562. The first-order valence-corrected chi connectivity index (χ1v) is 7.34. The summed E-state index contributed by atoms with van der Waals surface area (Å²) in [7, 11) is 4.07. The van der Waals surface area contributed by atoms with Crippen LogP contribution in [0.4, 0.5) is 0 Å². The number of carbonyl (C=O) groups is 1. The maximum atomic E-state index is 12.2. The Morgan fingerprint density at radius 1 is 1.27 bits per heavy atom. The van der Waals surface area contributed by atoms with E-state index in [0.29, 0.717) is 6.54 Å². The predicted octanol–water partition coefficient (Wildman–Crippen LogP) is 2.38. The number of halogens is 2. The van der Waals surface area contributed by atoms with Crippen molar-refractivity contribution in [2.24, 2.45) is 11.7 Å². The molecule has 0 aromatic heterocycles. The van der Waals surface area contributed by atoms with E-state index in [1.807, 2.05) is 32.3 Å². The number of nitrogens with one attached hydrogen (secondary N) is 1. The maximum absolute atomic E-state index is 12.2. The summed E-state index contributed by atoms with van der Waals surface area (Å²) in [6, 6.07) is 10.5. The highest BCUT2D eigenvalue weighted by Gasteiger charge is 2.30. The van der Waals surface area contributed by atoms with E-state index in [-0.39, 0.29) is 48.7 Å². The van der Waals surface area contributed by atoms with Gasteiger partial charge in [-0.2, -0.15) is 0 Å². The van der Waals surface area contributed by atoms with Gasteiger partial charge in [0.15, 0.2) is 0 Å². The van der Waals surface area contributed by atoms with Crippen LogP contribution in [-0.4, -0.2) is 37.5 Å². The second-order valence-corrected chi connectivity index (χ2v) is 5.84.